The number of likely N-dealkylation sites (tertiary alicyclic amines) is 1. The van der Waals surface area contributed by atoms with Crippen molar-refractivity contribution >= 4 is 12.0 Å². The summed E-state index contributed by atoms with van der Waals surface area (Å²) in [6.45, 7) is 11.4. The smallest absolute Gasteiger partial charge is 0.317 e. The number of hydrogen-bond donors (Lipinski definition) is 2. The second-order valence-electron chi connectivity index (χ2n) is 5.87. The van der Waals surface area contributed by atoms with Crippen LogP contribution in [-0.2, 0) is 4.79 Å². The van der Waals surface area contributed by atoms with Crippen LogP contribution in [0.2, 0.25) is 0 Å². The molecule has 1 heterocycles. The Morgan fingerprint density at radius 3 is 2.45 bits per heavy atom. The maximum Gasteiger partial charge on any atom is 0.317 e. The Bertz CT molecular complexity index is 358. The van der Waals surface area contributed by atoms with Gasteiger partial charge >= 0.3 is 12.0 Å². The molecule has 1 aliphatic heterocycles. The first-order valence-electron chi connectivity index (χ1n) is 7.33. The fourth-order valence-electron chi connectivity index (χ4n) is 2.53. The van der Waals surface area contributed by atoms with Gasteiger partial charge in [0.1, 0.15) is 0 Å². The lowest BCUT2D eigenvalue weighted by molar-refractivity contribution is -0.146. The Balaban J connectivity index is 2.46. The quantitative estimate of drug-likeness (QED) is 0.769. The number of carboxylic acid groups (broad SMARTS) is 1. The molecule has 1 saturated heterocycles. The van der Waals surface area contributed by atoms with Gasteiger partial charge in [-0.15, -0.1) is 0 Å². The van der Waals surface area contributed by atoms with Crippen molar-refractivity contribution in [2.45, 2.75) is 40.2 Å². The molecule has 6 nitrogen and oxygen atoms in total. The molecule has 2 amide bonds. The number of aliphatic carboxylic acids is 1. The van der Waals surface area contributed by atoms with E-state index in [9.17, 15) is 14.7 Å². The van der Waals surface area contributed by atoms with Gasteiger partial charge in [-0.1, -0.05) is 13.8 Å². The van der Waals surface area contributed by atoms with Crippen molar-refractivity contribution in [3.63, 3.8) is 0 Å². The van der Waals surface area contributed by atoms with E-state index < -0.39 is 11.4 Å². The van der Waals surface area contributed by atoms with Gasteiger partial charge < -0.3 is 20.2 Å². The van der Waals surface area contributed by atoms with Crippen molar-refractivity contribution in [2.75, 3.05) is 32.7 Å². The summed E-state index contributed by atoms with van der Waals surface area (Å²) in [5.41, 5.74) is -0.806. The van der Waals surface area contributed by atoms with Gasteiger partial charge in [0, 0.05) is 25.7 Å². The zero-order chi connectivity index (χ0) is 15.3. The van der Waals surface area contributed by atoms with Gasteiger partial charge in [0.2, 0.25) is 0 Å². The molecule has 6 heteroatoms. The van der Waals surface area contributed by atoms with Crippen LogP contribution in [0.15, 0.2) is 0 Å². The average molecular weight is 285 g/mol. The van der Waals surface area contributed by atoms with Crippen LogP contribution < -0.4 is 5.32 Å². The molecule has 1 fully saturated rings. The number of nitrogens with one attached hydrogen (secondary N) is 1. The lowest BCUT2D eigenvalue weighted by Crippen LogP contribution is -2.48. The molecule has 20 heavy (non-hydrogen) atoms. The molecule has 2 unspecified atom stereocenters. The predicted molar refractivity (Wildman–Crippen MR) is 77.7 cm³/mol. The zero-order valence-corrected chi connectivity index (χ0v) is 13.0. The van der Waals surface area contributed by atoms with Crippen molar-refractivity contribution in [1.29, 1.82) is 0 Å². The highest BCUT2D eigenvalue weighted by Crippen LogP contribution is 2.29. The molecule has 0 aliphatic carbocycles. The standard InChI is InChI=1S/C14H27N3O3/c1-5-16(6-2)9-11(3)15-13(20)17-8-7-14(4,10-17)12(18)19/h11H,5-10H2,1-4H3,(H,15,20)(H,18,19). The van der Waals surface area contributed by atoms with Crippen molar-refractivity contribution < 1.29 is 14.7 Å². The molecule has 0 bridgehead atoms. The normalized spacial score (nSPS) is 23.9. The van der Waals surface area contributed by atoms with Crippen LogP contribution in [0, 0.1) is 5.41 Å². The van der Waals surface area contributed by atoms with Crippen molar-refractivity contribution in [3.8, 4) is 0 Å². The van der Waals surface area contributed by atoms with Crippen LogP contribution in [0.5, 0.6) is 0 Å². The van der Waals surface area contributed by atoms with Crippen molar-refractivity contribution in [1.82, 2.24) is 15.1 Å². The third-order valence-electron chi connectivity index (χ3n) is 4.07. The maximum atomic E-state index is 12.1. The Hall–Kier alpha value is -1.30. The van der Waals surface area contributed by atoms with Gasteiger partial charge in [0.15, 0.2) is 0 Å². The molecule has 0 aromatic carbocycles. The minimum atomic E-state index is -0.830. The van der Waals surface area contributed by atoms with Crippen LogP contribution in [0.3, 0.4) is 0 Å². The minimum absolute atomic E-state index is 0.0547. The molecule has 0 saturated carbocycles. The fraction of sp³-hybridized carbons (Fsp3) is 0.857. The Morgan fingerprint density at radius 2 is 2.00 bits per heavy atom. The highest BCUT2D eigenvalue weighted by atomic mass is 16.4. The van der Waals surface area contributed by atoms with Gasteiger partial charge in [-0.05, 0) is 33.4 Å². The first-order valence-corrected chi connectivity index (χ1v) is 7.33. The lowest BCUT2D eigenvalue weighted by Gasteiger charge is -2.26. The number of likely N-dealkylation sites (N-methyl/N-ethyl adjacent to an activating group) is 1. The van der Waals surface area contributed by atoms with Gasteiger partial charge in [-0.2, -0.15) is 0 Å². The Morgan fingerprint density at radius 1 is 1.40 bits per heavy atom. The number of rotatable bonds is 6. The second kappa shape index (κ2) is 6.92. The molecular weight excluding hydrogens is 258 g/mol. The van der Waals surface area contributed by atoms with E-state index in [-0.39, 0.29) is 18.6 Å². The van der Waals surface area contributed by atoms with Gasteiger partial charge in [0.25, 0.3) is 0 Å². The first kappa shape index (κ1) is 16.8. The number of amides is 2. The van der Waals surface area contributed by atoms with E-state index >= 15 is 0 Å². The number of carbonyl (C=O) groups excluding carboxylic acids is 1. The molecule has 0 spiro atoms. The number of carboxylic acids is 1. The summed E-state index contributed by atoms with van der Waals surface area (Å²) < 4.78 is 0. The molecule has 1 rings (SSSR count). The van der Waals surface area contributed by atoms with E-state index in [4.69, 9.17) is 0 Å². The largest absolute Gasteiger partial charge is 0.481 e. The van der Waals surface area contributed by atoms with Crippen LogP contribution in [0.4, 0.5) is 4.79 Å². The van der Waals surface area contributed by atoms with E-state index in [1.54, 1.807) is 11.8 Å². The third-order valence-corrected chi connectivity index (χ3v) is 4.07. The predicted octanol–water partition coefficient (Wildman–Crippen LogP) is 1.22. The summed E-state index contributed by atoms with van der Waals surface area (Å²) in [6, 6.07) is -0.103. The molecule has 116 valence electrons. The Kier molecular flexibility index (Phi) is 5.80. The van der Waals surface area contributed by atoms with Crippen LogP contribution in [0.1, 0.15) is 34.1 Å². The van der Waals surface area contributed by atoms with Gasteiger partial charge in [-0.25, -0.2) is 4.79 Å². The minimum Gasteiger partial charge on any atom is -0.481 e. The number of hydrogen-bond acceptors (Lipinski definition) is 3. The molecular formula is C14H27N3O3. The van der Waals surface area contributed by atoms with Gasteiger partial charge in [-0.3, -0.25) is 4.79 Å². The van der Waals surface area contributed by atoms with Crippen LogP contribution in [-0.4, -0.2) is 65.7 Å². The first-order chi connectivity index (χ1) is 9.32. The SMILES string of the molecule is CCN(CC)CC(C)NC(=O)N1CCC(C)(C(=O)O)C1. The Labute approximate surface area is 121 Å². The summed E-state index contributed by atoms with van der Waals surface area (Å²) in [5.74, 6) is -0.830. The summed E-state index contributed by atoms with van der Waals surface area (Å²) in [7, 11) is 0. The lowest BCUT2D eigenvalue weighted by atomic mass is 9.90. The summed E-state index contributed by atoms with van der Waals surface area (Å²) >= 11 is 0. The van der Waals surface area contributed by atoms with Gasteiger partial charge in [0.05, 0.1) is 5.41 Å². The molecule has 0 aromatic heterocycles. The highest BCUT2D eigenvalue weighted by molar-refractivity contribution is 5.79. The summed E-state index contributed by atoms with van der Waals surface area (Å²) in [6.07, 6.45) is 0.514. The number of urea groups is 1. The van der Waals surface area contributed by atoms with Crippen LogP contribution in [0.25, 0.3) is 0 Å². The summed E-state index contributed by atoms with van der Waals surface area (Å²) in [5, 5.41) is 12.1. The van der Waals surface area contributed by atoms with E-state index in [0.717, 1.165) is 19.6 Å². The second-order valence-corrected chi connectivity index (χ2v) is 5.87. The number of carbonyl (C=O) groups is 2. The van der Waals surface area contributed by atoms with Crippen molar-refractivity contribution in [3.05, 3.63) is 0 Å². The van der Waals surface area contributed by atoms with E-state index in [0.29, 0.717) is 13.0 Å². The van der Waals surface area contributed by atoms with E-state index in [1.165, 1.54) is 0 Å². The monoisotopic (exact) mass is 285 g/mol. The van der Waals surface area contributed by atoms with Crippen molar-refractivity contribution in [2.24, 2.45) is 5.41 Å². The fourth-order valence-corrected chi connectivity index (χ4v) is 2.53. The molecule has 2 N–H and O–H groups in total. The molecule has 2 atom stereocenters. The molecule has 0 aromatic rings. The van der Waals surface area contributed by atoms with E-state index in [2.05, 4.69) is 24.1 Å². The zero-order valence-electron chi connectivity index (χ0n) is 13.0. The topological polar surface area (TPSA) is 72.9 Å². The maximum absolute atomic E-state index is 12.1. The summed E-state index contributed by atoms with van der Waals surface area (Å²) in [4.78, 5) is 27.1. The average Bonchev–Trinajstić information content (AvgIpc) is 2.80. The van der Waals surface area contributed by atoms with Crippen LogP contribution >= 0.6 is 0 Å². The third kappa shape index (κ3) is 4.10. The molecule has 1 aliphatic rings. The highest BCUT2D eigenvalue weighted by Gasteiger charge is 2.42. The molecule has 0 radical (unpaired) electrons. The van der Waals surface area contributed by atoms with E-state index in [1.807, 2.05) is 6.92 Å². The number of nitrogens with zero attached hydrogens (tertiary/aromatic N) is 2.